The second-order valence-electron chi connectivity index (χ2n) is 13.8. The first-order valence-corrected chi connectivity index (χ1v) is 17.0. The number of aromatic nitrogens is 5. The molecule has 0 radical (unpaired) electrons. The third kappa shape index (κ3) is 7.09. The molecular weight excluding hydrogens is 590 g/mol. The van der Waals surface area contributed by atoms with Crippen LogP contribution in [-0.2, 0) is 22.6 Å². The summed E-state index contributed by atoms with van der Waals surface area (Å²) in [6, 6.07) is 18.8. The predicted molar refractivity (Wildman–Crippen MR) is 180 cm³/mol. The number of nitrogens with zero attached hydrogens (tertiary/aromatic N) is 7. The van der Waals surface area contributed by atoms with E-state index in [-0.39, 0.29) is 5.91 Å². The van der Waals surface area contributed by atoms with Crippen LogP contribution in [0.3, 0.4) is 0 Å². The predicted octanol–water partition coefficient (Wildman–Crippen LogP) is 6.28. The van der Waals surface area contributed by atoms with Gasteiger partial charge in [0.1, 0.15) is 17.3 Å². The standard InChI is InChI=1S/C37H45N7O3/c1-24(2)32-13-14-33(40-39-32)26-7-11-31(12-8-26)47-34-20-27(5-6-28(34)22-43-21-25(3)19-35(43)45)36-38-37(44(41-36)17-18-46-4)29-15-16-42(23-29)30-9-10-30/h5-8,11-14,20,24-25,29-30H,9-10,15-19,21-23H2,1-4H3/t25-,29?/m0/s1. The molecule has 0 N–H and O–H groups in total. The highest BCUT2D eigenvalue weighted by atomic mass is 16.5. The number of carbonyl (C=O) groups excluding carboxylic acids is 1. The molecule has 10 nitrogen and oxygen atoms in total. The van der Waals surface area contributed by atoms with Crippen molar-refractivity contribution in [3.63, 3.8) is 0 Å². The number of benzene rings is 2. The molecule has 2 aromatic carbocycles. The highest BCUT2D eigenvalue weighted by Crippen LogP contribution is 2.37. The van der Waals surface area contributed by atoms with Gasteiger partial charge in [-0.2, -0.15) is 15.3 Å². The Morgan fingerprint density at radius 3 is 2.45 bits per heavy atom. The normalized spacial score (nSPS) is 20.1. The molecule has 3 fully saturated rings. The molecule has 1 unspecified atom stereocenters. The van der Waals surface area contributed by atoms with Crippen molar-refractivity contribution in [2.75, 3.05) is 33.4 Å². The lowest BCUT2D eigenvalue weighted by Gasteiger charge is -2.19. The minimum absolute atomic E-state index is 0.182. The Hall–Kier alpha value is -4.15. The smallest absolute Gasteiger partial charge is 0.223 e. The number of hydrogen-bond donors (Lipinski definition) is 0. The number of rotatable bonds is 12. The molecule has 2 atom stereocenters. The third-order valence-electron chi connectivity index (χ3n) is 9.60. The van der Waals surface area contributed by atoms with Crippen LogP contribution in [0.5, 0.6) is 11.5 Å². The van der Waals surface area contributed by atoms with E-state index in [2.05, 4.69) is 48.0 Å². The van der Waals surface area contributed by atoms with Crippen LogP contribution in [0, 0.1) is 5.92 Å². The molecule has 1 saturated carbocycles. The van der Waals surface area contributed by atoms with Crippen molar-refractivity contribution in [3.8, 4) is 34.1 Å². The lowest BCUT2D eigenvalue weighted by molar-refractivity contribution is -0.128. The van der Waals surface area contributed by atoms with Gasteiger partial charge in [-0.05, 0) is 80.1 Å². The van der Waals surface area contributed by atoms with Crippen LogP contribution in [0.25, 0.3) is 22.6 Å². The van der Waals surface area contributed by atoms with Gasteiger partial charge in [-0.15, -0.1) is 0 Å². The van der Waals surface area contributed by atoms with Crippen LogP contribution in [-0.4, -0.2) is 80.1 Å². The molecule has 246 valence electrons. The minimum atomic E-state index is 0.182. The zero-order valence-corrected chi connectivity index (χ0v) is 27.9. The Morgan fingerprint density at radius 2 is 1.77 bits per heavy atom. The van der Waals surface area contributed by atoms with Gasteiger partial charge >= 0.3 is 0 Å². The lowest BCUT2D eigenvalue weighted by Crippen LogP contribution is -2.24. The second kappa shape index (κ2) is 13.5. The number of likely N-dealkylation sites (tertiary alicyclic amines) is 2. The van der Waals surface area contributed by atoms with Gasteiger partial charge < -0.3 is 14.4 Å². The summed E-state index contributed by atoms with van der Waals surface area (Å²) in [5.74, 6) is 4.33. The van der Waals surface area contributed by atoms with Crippen molar-refractivity contribution in [2.24, 2.45) is 5.92 Å². The van der Waals surface area contributed by atoms with Gasteiger partial charge in [-0.25, -0.2) is 9.67 Å². The molecule has 1 amide bonds. The monoisotopic (exact) mass is 635 g/mol. The minimum Gasteiger partial charge on any atom is -0.457 e. The maximum absolute atomic E-state index is 12.7. The first kappa shape index (κ1) is 31.4. The Labute approximate surface area is 277 Å². The fourth-order valence-corrected chi connectivity index (χ4v) is 6.76. The Kier molecular flexibility index (Phi) is 9.05. The SMILES string of the molecule is COCCn1nc(-c2ccc(CN3C[C@@H](C)CC3=O)c(Oc3ccc(-c4ccc(C(C)C)nn4)cc3)c2)nc1C1CCN(C2CC2)C1. The lowest BCUT2D eigenvalue weighted by atomic mass is 10.1. The molecule has 47 heavy (non-hydrogen) atoms. The van der Waals surface area contributed by atoms with Crippen LogP contribution in [0.15, 0.2) is 54.6 Å². The number of hydrogen-bond acceptors (Lipinski definition) is 8. The van der Waals surface area contributed by atoms with Gasteiger partial charge in [0, 0.05) is 61.8 Å². The van der Waals surface area contributed by atoms with Crippen LogP contribution in [0.2, 0.25) is 0 Å². The van der Waals surface area contributed by atoms with E-state index in [1.54, 1.807) is 7.11 Å². The summed E-state index contributed by atoms with van der Waals surface area (Å²) in [5.41, 5.74) is 4.59. The first-order chi connectivity index (χ1) is 22.8. The highest BCUT2D eigenvalue weighted by molar-refractivity contribution is 5.78. The molecular formula is C37H45N7O3. The highest BCUT2D eigenvalue weighted by Gasteiger charge is 2.37. The van der Waals surface area contributed by atoms with Gasteiger partial charge in [0.2, 0.25) is 5.91 Å². The molecule has 2 saturated heterocycles. The van der Waals surface area contributed by atoms with Gasteiger partial charge in [0.15, 0.2) is 5.82 Å². The summed E-state index contributed by atoms with van der Waals surface area (Å²) in [6.07, 6.45) is 4.31. The zero-order chi connectivity index (χ0) is 32.5. The Balaban J connectivity index is 1.17. The molecule has 0 spiro atoms. The average molecular weight is 636 g/mol. The van der Waals surface area contributed by atoms with E-state index in [0.717, 1.165) is 66.0 Å². The molecule has 2 aliphatic heterocycles. The average Bonchev–Trinajstić information content (AvgIpc) is 3.50. The van der Waals surface area contributed by atoms with Crippen molar-refractivity contribution >= 4 is 5.91 Å². The largest absolute Gasteiger partial charge is 0.457 e. The summed E-state index contributed by atoms with van der Waals surface area (Å²) in [5, 5.41) is 13.8. The Bertz CT molecular complexity index is 1700. The van der Waals surface area contributed by atoms with E-state index in [9.17, 15) is 4.79 Å². The van der Waals surface area contributed by atoms with E-state index in [4.69, 9.17) is 19.6 Å². The van der Waals surface area contributed by atoms with Crippen molar-refractivity contribution < 1.29 is 14.3 Å². The van der Waals surface area contributed by atoms with Crippen LogP contribution >= 0.6 is 0 Å². The topological polar surface area (TPSA) is 98.5 Å². The maximum Gasteiger partial charge on any atom is 0.223 e. The number of ether oxygens (including phenoxy) is 2. The van der Waals surface area contributed by atoms with Crippen molar-refractivity contribution in [1.29, 1.82) is 0 Å². The maximum atomic E-state index is 12.7. The molecule has 4 heterocycles. The molecule has 7 rings (SSSR count). The van der Waals surface area contributed by atoms with Gasteiger partial charge in [0.05, 0.1) is 24.5 Å². The van der Waals surface area contributed by atoms with E-state index in [1.807, 2.05) is 52.0 Å². The van der Waals surface area contributed by atoms with Crippen LogP contribution < -0.4 is 4.74 Å². The van der Waals surface area contributed by atoms with Crippen molar-refractivity contribution in [3.05, 3.63) is 71.7 Å². The van der Waals surface area contributed by atoms with Gasteiger partial charge in [-0.3, -0.25) is 9.69 Å². The van der Waals surface area contributed by atoms with Crippen molar-refractivity contribution in [1.82, 2.24) is 34.8 Å². The summed E-state index contributed by atoms with van der Waals surface area (Å²) in [4.78, 5) is 22.4. The van der Waals surface area contributed by atoms with Crippen LogP contribution in [0.1, 0.15) is 75.4 Å². The number of amides is 1. The third-order valence-corrected chi connectivity index (χ3v) is 9.60. The molecule has 1 aliphatic carbocycles. The first-order valence-electron chi connectivity index (χ1n) is 17.0. The number of carbonyl (C=O) groups is 1. The van der Waals surface area contributed by atoms with E-state index in [0.29, 0.717) is 61.2 Å². The van der Waals surface area contributed by atoms with E-state index >= 15 is 0 Å². The molecule has 3 aliphatic rings. The fourth-order valence-electron chi connectivity index (χ4n) is 6.76. The summed E-state index contributed by atoms with van der Waals surface area (Å²) in [6.45, 7) is 11.0. The molecule has 2 aromatic heterocycles. The summed E-state index contributed by atoms with van der Waals surface area (Å²) in [7, 11) is 1.72. The van der Waals surface area contributed by atoms with Crippen LogP contribution in [0.4, 0.5) is 0 Å². The van der Waals surface area contributed by atoms with Crippen molar-refractivity contribution in [2.45, 2.75) is 77.4 Å². The summed E-state index contributed by atoms with van der Waals surface area (Å²) >= 11 is 0. The van der Waals surface area contributed by atoms with Gasteiger partial charge in [-0.1, -0.05) is 32.9 Å². The number of methoxy groups -OCH3 is 1. The quantitative estimate of drug-likeness (QED) is 0.179. The van der Waals surface area contributed by atoms with E-state index in [1.165, 1.54) is 12.8 Å². The molecule has 10 heteroatoms. The molecule has 0 bridgehead atoms. The Morgan fingerprint density at radius 1 is 0.957 bits per heavy atom. The molecule has 4 aromatic rings. The fraction of sp³-hybridized carbons (Fsp3) is 0.486. The zero-order valence-electron chi connectivity index (χ0n) is 27.9. The van der Waals surface area contributed by atoms with E-state index < -0.39 is 0 Å². The second-order valence-corrected chi connectivity index (χ2v) is 13.8. The summed E-state index contributed by atoms with van der Waals surface area (Å²) < 4.78 is 14.0. The van der Waals surface area contributed by atoms with Gasteiger partial charge in [0.25, 0.3) is 0 Å².